The summed E-state index contributed by atoms with van der Waals surface area (Å²) in [5, 5.41) is 5.52. The first-order valence-electron chi connectivity index (χ1n) is 4.51. The van der Waals surface area contributed by atoms with Gasteiger partial charge in [-0.25, -0.2) is 0 Å². The van der Waals surface area contributed by atoms with Gasteiger partial charge in [-0.2, -0.15) is 5.10 Å². The molecule has 3 nitrogen and oxygen atoms in total. The smallest absolute Gasteiger partial charge is 0.150 e. The van der Waals surface area contributed by atoms with Crippen LogP contribution in [0.4, 0.5) is 5.69 Å². The standard InChI is InChI=1S/C11H14N2O/c1-4-10-7-9(8-14)5-6-11(10)13(3)12-2/h5-8H,2,4H2,1,3H3. The normalized spacial score (nSPS) is 9.57. The molecule has 1 rings (SSSR count). The molecule has 0 saturated heterocycles. The maximum Gasteiger partial charge on any atom is 0.150 e. The van der Waals surface area contributed by atoms with Gasteiger partial charge in [0.1, 0.15) is 6.29 Å². The predicted octanol–water partition coefficient (Wildman–Crippen LogP) is 2.11. The van der Waals surface area contributed by atoms with Crippen molar-refractivity contribution in [2.45, 2.75) is 13.3 Å². The molecular formula is C11H14N2O. The van der Waals surface area contributed by atoms with Crippen molar-refractivity contribution in [3.05, 3.63) is 29.3 Å². The van der Waals surface area contributed by atoms with E-state index in [1.807, 2.05) is 26.1 Å². The number of nitrogens with zero attached hydrogens (tertiary/aromatic N) is 2. The molecule has 0 bridgehead atoms. The number of anilines is 1. The van der Waals surface area contributed by atoms with E-state index in [4.69, 9.17) is 0 Å². The van der Waals surface area contributed by atoms with Crippen LogP contribution in [0.5, 0.6) is 0 Å². The molecule has 0 atom stereocenters. The fraction of sp³-hybridized carbons (Fsp3) is 0.273. The summed E-state index contributed by atoms with van der Waals surface area (Å²) in [5.41, 5.74) is 2.79. The van der Waals surface area contributed by atoms with Crippen molar-refractivity contribution in [2.75, 3.05) is 12.1 Å². The topological polar surface area (TPSA) is 32.7 Å². The first kappa shape index (κ1) is 10.4. The van der Waals surface area contributed by atoms with Crippen LogP contribution in [0, 0.1) is 0 Å². The quantitative estimate of drug-likeness (QED) is 0.414. The molecule has 0 aliphatic rings. The lowest BCUT2D eigenvalue weighted by Gasteiger charge is -2.16. The van der Waals surface area contributed by atoms with Crippen LogP contribution in [0.15, 0.2) is 23.3 Å². The first-order chi connectivity index (χ1) is 6.72. The fourth-order valence-electron chi connectivity index (χ4n) is 1.35. The van der Waals surface area contributed by atoms with Gasteiger partial charge in [0.15, 0.2) is 0 Å². The zero-order chi connectivity index (χ0) is 10.6. The van der Waals surface area contributed by atoms with Gasteiger partial charge in [0, 0.05) is 19.3 Å². The number of hydrogen-bond acceptors (Lipinski definition) is 3. The minimum atomic E-state index is 0.697. The highest BCUT2D eigenvalue weighted by Gasteiger charge is 2.05. The van der Waals surface area contributed by atoms with Crippen molar-refractivity contribution < 1.29 is 4.79 Å². The SMILES string of the molecule is C=NN(C)c1ccc(C=O)cc1CC. The van der Waals surface area contributed by atoms with Crippen LogP contribution in [0.2, 0.25) is 0 Å². The highest BCUT2D eigenvalue weighted by Crippen LogP contribution is 2.21. The number of hydrogen-bond donors (Lipinski definition) is 0. The van der Waals surface area contributed by atoms with Crippen molar-refractivity contribution in [2.24, 2.45) is 5.10 Å². The molecule has 0 unspecified atom stereocenters. The average Bonchev–Trinajstić information content (AvgIpc) is 2.27. The van der Waals surface area contributed by atoms with Crippen molar-refractivity contribution >= 4 is 18.7 Å². The number of rotatable bonds is 4. The van der Waals surface area contributed by atoms with Crippen molar-refractivity contribution in [1.82, 2.24) is 0 Å². The Morgan fingerprint density at radius 3 is 2.79 bits per heavy atom. The van der Waals surface area contributed by atoms with E-state index in [2.05, 4.69) is 11.8 Å². The monoisotopic (exact) mass is 190 g/mol. The second-order valence-corrected chi connectivity index (χ2v) is 3.02. The van der Waals surface area contributed by atoms with E-state index in [-0.39, 0.29) is 0 Å². The Labute approximate surface area is 84.0 Å². The number of benzene rings is 1. The Morgan fingerprint density at radius 2 is 2.29 bits per heavy atom. The summed E-state index contributed by atoms with van der Waals surface area (Å²) < 4.78 is 0. The van der Waals surface area contributed by atoms with E-state index in [1.54, 1.807) is 11.1 Å². The first-order valence-corrected chi connectivity index (χ1v) is 4.51. The lowest BCUT2D eigenvalue weighted by Crippen LogP contribution is -2.10. The van der Waals surface area contributed by atoms with Crippen LogP contribution in [0.3, 0.4) is 0 Å². The molecule has 1 aromatic carbocycles. The summed E-state index contributed by atoms with van der Waals surface area (Å²) >= 11 is 0. The molecule has 0 aliphatic carbocycles. The molecule has 0 aromatic heterocycles. The zero-order valence-electron chi connectivity index (χ0n) is 8.53. The molecule has 14 heavy (non-hydrogen) atoms. The van der Waals surface area contributed by atoms with Gasteiger partial charge in [-0.15, -0.1) is 0 Å². The predicted molar refractivity (Wildman–Crippen MR) is 59.2 cm³/mol. The van der Waals surface area contributed by atoms with Crippen LogP contribution in [0.25, 0.3) is 0 Å². The van der Waals surface area contributed by atoms with Crippen LogP contribution in [-0.4, -0.2) is 20.1 Å². The molecule has 0 saturated carbocycles. The Hall–Kier alpha value is -1.64. The fourth-order valence-corrected chi connectivity index (χ4v) is 1.35. The van der Waals surface area contributed by atoms with Crippen molar-refractivity contribution in [1.29, 1.82) is 0 Å². The highest BCUT2D eigenvalue weighted by molar-refractivity contribution is 5.77. The summed E-state index contributed by atoms with van der Waals surface area (Å²) in [5.74, 6) is 0. The zero-order valence-corrected chi connectivity index (χ0v) is 8.53. The van der Waals surface area contributed by atoms with E-state index in [0.29, 0.717) is 5.56 Å². The summed E-state index contributed by atoms with van der Waals surface area (Å²) in [7, 11) is 1.84. The minimum Gasteiger partial charge on any atom is -0.298 e. The second kappa shape index (κ2) is 4.56. The summed E-state index contributed by atoms with van der Waals surface area (Å²) in [6.45, 7) is 5.51. The molecule has 0 N–H and O–H groups in total. The molecule has 0 fully saturated rings. The van der Waals surface area contributed by atoms with Crippen LogP contribution >= 0.6 is 0 Å². The molecule has 0 spiro atoms. The molecule has 1 aromatic rings. The summed E-state index contributed by atoms with van der Waals surface area (Å²) in [6, 6.07) is 5.55. The Bertz CT molecular complexity index is 347. The average molecular weight is 190 g/mol. The van der Waals surface area contributed by atoms with Crippen molar-refractivity contribution in [3.8, 4) is 0 Å². The molecule has 0 amide bonds. The van der Waals surface area contributed by atoms with Crippen LogP contribution < -0.4 is 5.01 Å². The van der Waals surface area contributed by atoms with Gasteiger partial charge in [-0.3, -0.25) is 9.80 Å². The van der Waals surface area contributed by atoms with Crippen LogP contribution in [0.1, 0.15) is 22.8 Å². The van der Waals surface area contributed by atoms with E-state index in [9.17, 15) is 4.79 Å². The number of carbonyl (C=O) groups excluding carboxylic acids is 1. The largest absolute Gasteiger partial charge is 0.298 e. The Morgan fingerprint density at radius 1 is 1.57 bits per heavy atom. The number of aryl methyl sites for hydroxylation is 1. The number of carbonyl (C=O) groups is 1. The van der Waals surface area contributed by atoms with Crippen molar-refractivity contribution in [3.63, 3.8) is 0 Å². The lowest BCUT2D eigenvalue weighted by atomic mass is 10.1. The van der Waals surface area contributed by atoms with E-state index in [0.717, 1.165) is 24.0 Å². The third kappa shape index (κ3) is 1.99. The molecule has 0 heterocycles. The van der Waals surface area contributed by atoms with Crippen LogP contribution in [-0.2, 0) is 6.42 Å². The highest BCUT2D eigenvalue weighted by atomic mass is 16.1. The molecular weight excluding hydrogens is 176 g/mol. The summed E-state index contributed by atoms with van der Waals surface area (Å²) in [6.07, 6.45) is 1.72. The van der Waals surface area contributed by atoms with E-state index in [1.165, 1.54) is 0 Å². The molecule has 74 valence electrons. The minimum absolute atomic E-state index is 0.697. The van der Waals surface area contributed by atoms with Gasteiger partial charge >= 0.3 is 0 Å². The molecule has 0 aliphatic heterocycles. The van der Waals surface area contributed by atoms with Gasteiger partial charge in [0.05, 0.1) is 5.69 Å². The van der Waals surface area contributed by atoms with Gasteiger partial charge in [-0.1, -0.05) is 6.92 Å². The maximum absolute atomic E-state index is 10.6. The number of hydrazone groups is 1. The Kier molecular flexibility index (Phi) is 3.40. The molecule has 0 radical (unpaired) electrons. The van der Waals surface area contributed by atoms with Gasteiger partial charge < -0.3 is 0 Å². The van der Waals surface area contributed by atoms with E-state index < -0.39 is 0 Å². The third-order valence-corrected chi connectivity index (χ3v) is 2.18. The van der Waals surface area contributed by atoms with E-state index >= 15 is 0 Å². The van der Waals surface area contributed by atoms with Gasteiger partial charge in [0.2, 0.25) is 0 Å². The Balaban J connectivity index is 3.17. The van der Waals surface area contributed by atoms with Gasteiger partial charge in [-0.05, 0) is 30.2 Å². The second-order valence-electron chi connectivity index (χ2n) is 3.02. The van der Waals surface area contributed by atoms with Gasteiger partial charge in [0.25, 0.3) is 0 Å². The lowest BCUT2D eigenvalue weighted by molar-refractivity contribution is 0.112. The molecule has 3 heteroatoms. The third-order valence-electron chi connectivity index (χ3n) is 2.18. The number of aldehydes is 1. The summed E-state index contributed by atoms with van der Waals surface area (Å²) in [4.78, 5) is 10.6. The maximum atomic E-state index is 10.6.